The highest BCUT2D eigenvalue weighted by molar-refractivity contribution is 5.94. The number of carbonyl (C=O) groups is 1. The molecule has 6 heteroatoms. The van der Waals surface area contributed by atoms with Gasteiger partial charge in [0.05, 0.1) is 23.6 Å². The van der Waals surface area contributed by atoms with Crippen LogP contribution in [0.5, 0.6) is 0 Å². The highest BCUT2D eigenvalue weighted by atomic mass is 19.1. The minimum Gasteiger partial charge on any atom is -0.478 e. The van der Waals surface area contributed by atoms with E-state index in [1.54, 1.807) is 6.07 Å². The zero-order chi connectivity index (χ0) is 13.1. The molecule has 1 aromatic carbocycles. The van der Waals surface area contributed by atoms with Crippen LogP contribution in [0.3, 0.4) is 0 Å². The third-order valence-corrected chi connectivity index (χ3v) is 2.28. The second kappa shape index (κ2) is 4.70. The minimum absolute atomic E-state index is 0.0258. The molecular weight excluding hydrogens is 237 g/mol. The van der Waals surface area contributed by atoms with Gasteiger partial charge in [-0.2, -0.15) is 0 Å². The molecule has 0 unspecified atom stereocenters. The van der Waals surface area contributed by atoms with E-state index in [1.165, 1.54) is 24.4 Å². The zero-order valence-electron chi connectivity index (χ0n) is 9.22. The van der Waals surface area contributed by atoms with Crippen molar-refractivity contribution in [2.75, 3.05) is 11.1 Å². The summed E-state index contributed by atoms with van der Waals surface area (Å²) < 4.78 is 12.9. The molecule has 0 radical (unpaired) electrons. The third kappa shape index (κ3) is 2.54. The molecule has 0 aliphatic carbocycles. The summed E-state index contributed by atoms with van der Waals surface area (Å²) in [7, 11) is 0. The number of nitrogens with one attached hydrogen (secondary N) is 1. The molecule has 0 aliphatic rings. The summed E-state index contributed by atoms with van der Waals surface area (Å²) in [5.74, 6) is -1.55. The van der Waals surface area contributed by atoms with E-state index >= 15 is 0 Å². The number of anilines is 3. The number of benzene rings is 1. The molecular formula is C12H10FN3O2. The molecule has 0 saturated carbocycles. The van der Waals surface area contributed by atoms with Crippen LogP contribution in [0.15, 0.2) is 36.7 Å². The van der Waals surface area contributed by atoms with Gasteiger partial charge in [0.25, 0.3) is 0 Å². The van der Waals surface area contributed by atoms with Crippen molar-refractivity contribution in [3.05, 3.63) is 48.0 Å². The molecule has 0 aliphatic heterocycles. The molecule has 4 N–H and O–H groups in total. The Hall–Kier alpha value is -2.63. The maximum Gasteiger partial charge on any atom is 0.337 e. The Labute approximate surface area is 102 Å². The van der Waals surface area contributed by atoms with Crippen molar-refractivity contribution in [2.45, 2.75) is 0 Å². The topological polar surface area (TPSA) is 88.2 Å². The lowest BCUT2D eigenvalue weighted by molar-refractivity contribution is 0.0698. The molecule has 18 heavy (non-hydrogen) atoms. The number of nitrogens with two attached hydrogens (primary N) is 1. The number of carboxylic acid groups (broad SMARTS) is 1. The van der Waals surface area contributed by atoms with E-state index < -0.39 is 11.8 Å². The molecule has 2 aromatic rings. The first-order chi connectivity index (χ1) is 8.56. The van der Waals surface area contributed by atoms with E-state index in [2.05, 4.69) is 10.3 Å². The van der Waals surface area contributed by atoms with Crippen LogP contribution in [0.25, 0.3) is 0 Å². The lowest BCUT2D eigenvalue weighted by Crippen LogP contribution is -2.03. The highest BCUT2D eigenvalue weighted by Crippen LogP contribution is 2.21. The average molecular weight is 247 g/mol. The van der Waals surface area contributed by atoms with Crippen molar-refractivity contribution in [2.24, 2.45) is 0 Å². The van der Waals surface area contributed by atoms with E-state index in [4.69, 9.17) is 10.8 Å². The summed E-state index contributed by atoms with van der Waals surface area (Å²) in [6.07, 6.45) is 2.54. The fraction of sp³-hybridized carbons (Fsp3) is 0. The maximum absolute atomic E-state index is 12.9. The van der Waals surface area contributed by atoms with Crippen LogP contribution >= 0.6 is 0 Å². The zero-order valence-corrected chi connectivity index (χ0v) is 9.22. The number of hydrogen-bond donors (Lipinski definition) is 3. The Morgan fingerprint density at radius 3 is 2.67 bits per heavy atom. The monoisotopic (exact) mass is 247 g/mol. The maximum atomic E-state index is 12.9. The summed E-state index contributed by atoms with van der Waals surface area (Å²) in [6, 6.07) is 5.67. The molecule has 0 fully saturated rings. The largest absolute Gasteiger partial charge is 0.478 e. The van der Waals surface area contributed by atoms with Gasteiger partial charge in [-0.05, 0) is 18.2 Å². The Kier molecular flexibility index (Phi) is 3.09. The summed E-state index contributed by atoms with van der Waals surface area (Å²) >= 11 is 0. The molecule has 0 atom stereocenters. The predicted molar refractivity (Wildman–Crippen MR) is 65.3 cm³/mol. The molecule has 1 aromatic heterocycles. The van der Waals surface area contributed by atoms with Gasteiger partial charge in [-0.15, -0.1) is 0 Å². The Bertz CT molecular complexity index is 602. The number of nitrogen functional groups attached to an aromatic ring is 1. The van der Waals surface area contributed by atoms with E-state index in [0.717, 1.165) is 6.20 Å². The molecule has 5 nitrogen and oxygen atoms in total. The van der Waals surface area contributed by atoms with E-state index in [0.29, 0.717) is 11.4 Å². The van der Waals surface area contributed by atoms with Crippen LogP contribution in [0, 0.1) is 5.82 Å². The summed E-state index contributed by atoms with van der Waals surface area (Å²) in [4.78, 5) is 14.5. The van der Waals surface area contributed by atoms with Crippen LogP contribution in [0.1, 0.15) is 10.4 Å². The van der Waals surface area contributed by atoms with Crippen molar-refractivity contribution >= 4 is 23.0 Å². The second-order valence-corrected chi connectivity index (χ2v) is 3.62. The molecule has 0 saturated heterocycles. The van der Waals surface area contributed by atoms with E-state index in [9.17, 15) is 9.18 Å². The Morgan fingerprint density at radius 1 is 1.28 bits per heavy atom. The van der Waals surface area contributed by atoms with Gasteiger partial charge < -0.3 is 16.2 Å². The van der Waals surface area contributed by atoms with Crippen molar-refractivity contribution in [3.63, 3.8) is 0 Å². The van der Waals surface area contributed by atoms with Crippen LogP contribution in [-0.4, -0.2) is 16.1 Å². The standard InChI is InChI=1S/C12H10FN3O2/c13-7-3-9(6-15-5-7)16-8-1-2-10(12(17)18)11(14)4-8/h1-6,16H,14H2,(H,17,18). The third-order valence-electron chi connectivity index (χ3n) is 2.28. The van der Waals surface area contributed by atoms with Crippen molar-refractivity contribution < 1.29 is 14.3 Å². The average Bonchev–Trinajstić information content (AvgIpc) is 2.28. The number of carboxylic acids is 1. The van der Waals surface area contributed by atoms with Gasteiger partial charge in [0.15, 0.2) is 0 Å². The number of aromatic carboxylic acids is 1. The quantitative estimate of drug-likeness (QED) is 0.724. The first-order valence-electron chi connectivity index (χ1n) is 5.06. The van der Waals surface area contributed by atoms with Crippen LogP contribution in [0.4, 0.5) is 21.5 Å². The summed E-state index contributed by atoms with van der Waals surface area (Å²) in [5.41, 5.74) is 6.77. The lowest BCUT2D eigenvalue weighted by Gasteiger charge is -2.08. The normalized spacial score (nSPS) is 10.1. The number of aromatic nitrogens is 1. The summed E-state index contributed by atoms with van der Waals surface area (Å²) in [6.45, 7) is 0. The molecule has 0 spiro atoms. The predicted octanol–water partition coefficient (Wildman–Crippen LogP) is 2.24. The first kappa shape index (κ1) is 11.8. The first-order valence-corrected chi connectivity index (χ1v) is 5.06. The van der Waals surface area contributed by atoms with Gasteiger partial charge in [0.2, 0.25) is 0 Å². The van der Waals surface area contributed by atoms with Gasteiger partial charge >= 0.3 is 5.97 Å². The van der Waals surface area contributed by atoms with Crippen molar-refractivity contribution in [3.8, 4) is 0 Å². The van der Waals surface area contributed by atoms with Gasteiger partial charge in [0.1, 0.15) is 5.82 Å². The lowest BCUT2D eigenvalue weighted by atomic mass is 10.1. The number of pyridine rings is 1. The van der Waals surface area contributed by atoms with Gasteiger partial charge in [-0.25, -0.2) is 9.18 Å². The number of rotatable bonds is 3. The number of halogens is 1. The fourth-order valence-electron chi connectivity index (χ4n) is 1.48. The fourth-order valence-corrected chi connectivity index (χ4v) is 1.48. The molecule has 92 valence electrons. The number of hydrogen-bond acceptors (Lipinski definition) is 4. The Morgan fingerprint density at radius 2 is 2.06 bits per heavy atom. The summed E-state index contributed by atoms with van der Waals surface area (Å²) in [5, 5.41) is 11.7. The van der Waals surface area contributed by atoms with E-state index in [1.807, 2.05) is 0 Å². The molecule has 0 bridgehead atoms. The van der Waals surface area contributed by atoms with Gasteiger partial charge in [-0.1, -0.05) is 0 Å². The van der Waals surface area contributed by atoms with Crippen LogP contribution < -0.4 is 11.1 Å². The molecule has 2 rings (SSSR count). The minimum atomic E-state index is -1.09. The molecule has 0 amide bonds. The van der Waals surface area contributed by atoms with Crippen molar-refractivity contribution in [1.82, 2.24) is 4.98 Å². The van der Waals surface area contributed by atoms with E-state index in [-0.39, 0.29) is 11.3 Å². The smallest absolute Gasteiger partial charge is 0.337 e. The second-order valence-electron chi connectivity index (χ2n) is 3.62. The van der Waals surface area contributed by atoms with Gasteiger partial charge in [0, 0.05) is 17.4 Å². The number of nitrogens with zero attached hydrogens (tertiary/aromatic N) is 1. The van der Waals surface area contributed by atoms with Crippen LogP contribution in [-0.2, 0) is 0 Å². The van der Waals surface area contributed by atoms with Gasteiger partial charge in [-0.3, -0.25) is 4.98 Å². The highest BCUT2D eigenvalue weighted by Gasteiger charge is 2.08. The van der Waals surface area contributed by atoms with Crippen LogP contribution in [0.2, 0.25) is 0 Å². The Balaban J connectivity index is 2.25. The SMILES string of the molecule is Nc1cc(Nc2cncc(F)c2)ccc1C(=O)O. The molecule has 1 heterocycles. The van der Waals surface area contributed by atoms with Crippen molar-refractivity contribution in [1.29, 1.82) is 0 Å².